The average Bonchev–Trinajstić information content (AvgIpc) is 2.22. The van der Waals surface area contributed by atoms with Gasteiger partial charge in [-0.15, -0.1) is 0 Å². The summed E-state index contributed by atoms with van der Waals surface area (Å²) in [5, 5.41) is 2.28. The van der Waals surface area contributed by atoms with E-state index in [0.29, 0.717) is 0 Å². The Labute approximate surface area is 99.4 Å². The Balaban J connectivity index is 2.59. The van der Waals surface area contributed by atoms with E-state index in [1.165, 1.54) is 0 Å². The van der Waals surface area contributed by atoms with Crippen molar-refractivity contribution in [1.82, 2.24) is 0 Å². The number of anilines is 1. The fourth-order valence-corrected chi connectivity index (χ4v) is 2.67. The zero-order valence-corrected chi connectivity index (χ0v) is 10.6. The molecule has 0 aromatic heterocycles. The molecule has 2 rings (SSSR count). The molecule has 4 heteroatoms. The number of benzene rings is 2. The molecule has 0 saturated carbocycles. The average molecular weight is 284 g/mol. The Hall–Kier alpha value is -0.870. The smallest absolute Gasteiger partial charge is 0.113 e. The van der Waals surface area contributed by atoms with Crippen LogP contribution in [0.3, 0.4) is 0 Å². The van der Waals surface area contributed by atoms with E-state index in [2.05, 4.69) is 20.7 Å². The third kappa shape index (κ3) is 2.21. The van der Waals surface area contributed by atoms with Crippen molar-refractivity contribution in [3.8, 4) is 0 Å². The van der Waals surface area contributed by atoms with Crippen LogP contribution in [-0.2, 0) is 11.0 Å². The first-order valence-corrected chi connectivity index (χ1v) is 6.81. The van der Waals surface area contributed by atoms with E-state index in [1.807, 2.05) is 36.4 Å². The molecule has 0 aliphatic heterocycles. The predicted molar refractivity (Wildman–Crippen MR) is 69.3 cm³/mol. The van der Waals surface area contributed by atoms with Crippen LogP contribution in [0, 0.1) is 0 Å². The van der Waals surface area contributed by atoms with Crippen molar-refractivity contribution in [3.05, 3.63) is 40.9 Å². The lowest BCUT2D eigenvalue weighted by Crippen LogP contribution is -2.01. The number of hydrogen-bond donors (Lipinski definition) is 1. The summed E-state index contributed by atoms with van der Waals surface area (Å²) in [6, 6.07) is 12.0. The van der Waals surface area contributed by atoms with Gasteiger partial charge in [-0.3, -0.25) is 0 Å². The van der Waals surface area contributed by atoms with Crippen LogP contribution in [0.5, 0.6) is 0 Å². The van der Waals surface area contributed by atoms with E-state index >= 15 is 0 Å². The molecule has 0 saturated heterocycles. The van der Waals surface area contributed by atoms with Crippen molar-refractivity contribution in [1.29, 1.82) is 0 Å². The predicted octanol–water partition coefficient (Wildman–Crippen LogP) is 3.31. The quantitative estimate of drug-likeness (QED) is 0.900. The number of nitrogens with one attached hydrogen (secondary N) is 1. The molecule has 0 aliphatic carbocycles. The summed E-state index contributed by atoms with van der Waals surface area (Å²) in [5.74, 6) is 0. The van der Waals surface area contributed by atoms with Gasteiger partial charge in [0, 0.05) is 10.7 Å². The zero-order valence-electron chi connectivity index (χ0n) is 8.16. The topological polar surface area (TPSA) is 29.1 Å². The summed E-state index contributed by atoms with van der Waals surface area (Å²) < 4.78 is 14.9. The second-order valence-corrected chi connectivity index (χ2v) is 5.11. The van der Waals surface area contributed by atoms with Gasteiger partial charge in [-0.25, -0.2) is 4.21 Å². The number of hydrogen-bond acceptors (Lipinski definition) is 1. The lowest BCUT2D eigenvalue weighted by molar-refractivity contribution is 0.690. The molecular formula is C11H10BrNOS. The molecular weight excluding hydrogens is 274 g/mol. The SMILES string of the molecule is CS(=O)Nc1ccc2ccccc2c1Br. The second-order valence-electron chi connectivity index (χ2n) is 3.20. The summed E-state index contributed by atoms with van der Waals surface area (Å²) in [4.78, 5) is 0. The van der Waals surface area contributed by atoms with Crippen molar-refractivity contribution < 1.29 is 4.21 Å². The molecule has 0 amide bonds. The maximum Gasteiger partial charge on any atom is 0.113 e. The molecule has 1 atom stereocenters. The molecule has 1 unspecified atom stereocenters. The Morgan fingerprint density at radius 3 is 2.67 bits per heavy atom. The maximum atomic E-state index is 11.1. The van der Waals surface area contributed by atoms with Crippen LogP contribution in [-0.4, -0.2) is 10.5 Å². The fourth-order valence-electron chi connectivity index (χ4n) is 1.47. The summed E-state index contributed by atoms with van der Waals surface area (Å²) in [7, 11) is -1.05. The minimum absolute atomic E-state index is 0.856. The van der Waals surface area contributed by atoms with E-state index in [-0.39, 0.29) is 0 Å². The lowest BCUT2D eigenvalue weighted by atomic mass is 10.1. The van der Waals surface area contributed by atoms with Crippen molar-refractivity contribution in [3.63, 3.8) is 0 Å². The Kier molecular flexibility index (Phi) is 3.07. The molecule has 0 radical (unpaired) electrons. The second kappa shape index (κ2) is 4.33. The molecule has 0 aliphatic rings. The van der Waals surface area contributed by atoms with Gasteiger partial charge < -0.3 is 4.72 Å². The van der Waals surface area contributed by atoms with Crippen LogP contribution in [0.25, 0.3) is 10.8 Å². The first-order valence-electron chi connectivity index (χ1n) is 4.46. The maximum absolute atomic E-state index is 11.1. The molecule has 2 nitrogen and oxygen atoms in total. The van der Waals surface area contributed by atoms with Gasteiger partial charge in [-0.05, 0) is 32.8 Å². The summed E-state index contributed by atoms with van der Waals surface area (Å²) in [6.07, 6.45) is 1.61. The Morgan fingerprint density at radius 2 is 1.93 bits per heavy atom. The van der Waals surface area contributed by atoms with Crippen LogP contribution in [0.4, 0.5) is 5.69 Å². The highest BCUT2D eigenvalue weighted by molar-refractivity contribution is 9.10. The van der Waals surface area contributed by atoms with Gasteiger partial charge in [0.25, 0.3) is 0 Å². The third-order valence-electron chi connectivity index (χ3n) is 2.12. The van der Waals surface area contributed by atoms with E-state index in [1.54, 1.807) is 6.26 Å². The van der Waals surface area contributed by atoms with Crippen LogP contribution >= 0.6 is 15.9 Å². The van der Waals surface area contributed by atoms with E-state index in [0.717, 1.165) is 20.9 Å². The number of halogens is 1. The standard InChI is InChI=1S/C11H10BrNOS/c1-15(14)13-10-7-6-8-4-2-3-5-9(8)11(10)12/h2-7,13H,1H3. The number of rotatable bonds is 2. The van der Waals surface area contributed by atoms with E-state index < -0.39 is 11.0 Å². The zero-order chi connectivity index (χ0) is 10.8. The largest absolute Gasteiger partial charge is 0.304 e. The highest BCUT2D eigenvalue weighted by atomic mass is 79.9. The van der Waals surface area contributed by atoms with E-state index in [4.69, 9.17) is 0 Å². The van der Waals surface area contributed by atoms with Crippen molar-refractivity contribution in [2.45, 2.75) is 0 Å². The first-order chi connectivity index (χ1) is 7.18. The van der Waals surface area contributed by atoms with Gasteiger partial charge in [0.2, 0.25) is 0 Å². The monoisotopic (exact) mass is 283 g/mol. The molecule has 15 heavy (non-hydrogen) atoms. The third-order valence-corrected chi connectivity index (χ3v) is 3.48. The van der Waals surface area contributed by atoms with Gasteiger partial charge in [0.15, 0.2) is 0 Å². The van der Waals surface area contributed by atoms with E-state index in [9.17, 15) is 4.21 Å². The minimum Gasteiger partial charge on any atom is -0.304 e. The number of fused-ring (bicyclic) bond motifs is 1. The fraction of sp³-hybridized carbons (Fsp3) is 0.0909. The summed E-state index contributed by atoms with van der Waals surface area (Å²) >= 11 is 3.51. The van der Waals surface area contributed by atoms with Crippen molar-refractivity contribution in [2.24, 2.45) is 0 Å². The molecule has 0 spiro atoms. The van der Waals surface area contributed by atoms with Gasteiger partial charge in [-0.1, -0.05) is 30.3 Å². The van der Waals surface area contributed by atoms with Gasteiger partial charge in [0.1, 0.15) is 11.0 Å². The summed E-state index contributed by atoms with van der Waals surface area (Å²) in [6.45, 7) is 0. The van der Waals surface area contributed by atoms with Crippen LogP contribution in [0.1, 0.15) is 0 Å². The molecule has 2 aromatic carbocycles. The molecule has 2 aromatic rings. The van der Waals surface area contributed by atoms with Crippen LogP contribution in [0.2, 0.25) is 0 Å². The first kappa shape index (κ1) is 10.6. The highest BCUT2D eigenvalue weighted by Gasteiger charge is 2.04. The minimum atomic E-state index is -1.05. The Morgan fingerprint density at radius 1 is 1.20 bits per heavy atom. The van der Waals surface area contributed by atoms with Crippen LogP contribution in [0.15, 0.2) is 40.9 Å². The lowest BCUT2D eigenvalue weighted by Gasteiger charge is -2.08. The molecule has 78 valence electrons. The molecule has 1 N–H and O–H groups in total. The van der Waals surface area contributed by atoms with Crippen LogP contribution < -0.4 is 4.72 Å². The molecule has 0 bridgehead atoms. The molecule has 0 fully saturated rings. The van der Waals surface area contributed by atoms with Gasteiger partial charge in [-0.2, -0.15) is 0 Å². The summed E-state index contributed by atoms with van der Waals surface area (Å²) in [5.41, 5.74) is 0.856. The Bertz CT molecular complexity index is 527. The van der Waals surface area contributed by atoms with Gasteiger partial charge in [0.05, 0.1) is 5.69 Å². The van der Waals surface area contributed by atoms with Crippen molar-refractivity contribution in [2.75, 3.05) is 11.0 Å². The normalized spacial score (nSPS) is 12.7. The van der Waals surface area contributed by atoms with Crippen molar-refractivity contribution >= 4 is 43.4 Å². The molecule has 0 heterocycles. The van der Waals surface area contributed by atoms with Gasteiger partial charge >= 0.3 is 0 Å². The highest BCUT2D eigenvalue weighted by Crippen LogP contribution is 2.31.